The molecule has 4 heteroatoms. The van der Waals surface area contributed by atoms with Gasteiger partial charge in [0.2, 0.25) is 0 Å². The van der Waals surface area contributed by atoms with Crippen molar-refractivity contribution in [1.29, 1.82) is 0 Å². The van der Waals surface area contributed by atoms with E-state index in [0.717, 1.165) is 0 Å². The van der Waals surface area contributed by atoms with E-state index in [0.29, 0.717) is 12.8 Å². The van der Waals surface area contributed by atoms with Gasteiger partial charge in [-0.05, 0) is 40.5 Å². The normalized spacial score (nSPS) is 14.2. The van der Waals surface area contributed by atoms with Crippen molar-refractivity contribution in [3.63, 3.8) is 0 Å². The topological polar surface area (TPSA) is 52.6 Å². The molecule has 0 saturated carbocycles. The maximum Gasteiger partial charge on any atom is 0.316 e. The third kappa shape index (κ3) is 4.09. The molecule has 0 aromatic carbocycles. The highest BCUT2D eigenvalue weighted by molar-refractivity contribution is 6.03. The first kappa shape index (κ1) is 17.1. The van der Waals surface area contributed by atoms with Crippen LogP contribution in [0.5, 0.6) is 0 Å². The molecular formula is C14H26O4. The number of hydrogen-bond acceptors (Lipinski definition) is 4. The molecular weight excluding hydrogens is 232 g/mol. The molecule has 0 aromatic heterocycles. The molecule has 106 valence electrons. The van der Waals surface area contributed by atoms with Gasteiger partial charge in [0.1, 0.15) is 17.1 Å². The largest absolute Gasteiger partial charge is 0.459 e. The zero-order chi connectivity index (χ0) is 14.6. The highest BCUT2D eigenvalue weighted by Gasteiger charge is 2.41. The molecule has 0 aliphatic rings. The summed E-state index contributed by atoms with van der Waals surface area (Å²) >= 11 is 0. The monoisotopic (exact) mass is 258 g/mol. The van der Waals surface area contributed by atoms with E-state index in [1.807, 2.05) is 13.8 Å². The van der Waals surface area contributed by atoms with Crippen LogP contribution >= 0.6 is 0 Å². The van der Waals surface area contributed by atoms with Crippen LogP contribution in [0.15, 0.2) is 0 Å². The molecule has 18 heavy (non-hydrogen) atoms. The zero-order valence-electron chi connectivity index (χ0n) is 12.6. The second-order valence-corrected chi connectivity index (χ2v) is 5.52. The van der Waals surface area contributed by atoms with E-state index in [9.17, 15) is 9.59 Å². The van der Waals surface area contributed by atoms with Crippen molar-refractivity contribution in [3.8, 4) is 0 Å². The summed E-state index contributed by atoms with van der Waals surface area (Å²) in [5.74, 6) is -1.50. The Bertz CT molecular complexity index is 289. The van der Waals surface area contributed by atoms with Crippen molar-refractivity contribution in [1.82, 2.24) is 0 Å². The molecule has 0 N–H and O–H groups in total. The van der Waals surface area contributed by atoms with E-state index in [-0.39, 0.29) is 5.78 Å². The molecule has 1 atom stereocenters. The fourth-order valence-corrected chi connectivity index (χ4v) is 1.88. The minimum Gasteiger partial charge on any atom is -0.459 e. The number of hydrogen-bond donors (Lipinski definition) is 0. The number of carbonyl (C=O) groups excluding carboxylic acids is 2. The molecule has 0 saturated heterocycles. The lowest BCUT2D eigenvalue weighted by molar-refractivity contribution is -0.167. The first-order valence-electron chi connectivity index (χ1n) is 6.45. The van der Waals surface area contributed by atoms with Crippen LogP contribution in [0.4, 0.5) is 0 Å². The molecule has 0 aromatic rings. The Labute approximate surface area is 110 Å². The lowest BCUT2D eigenvalue weighted by Crippen LogP contribution is -2.46. The predicted octanol–water partition coefficient (Wildman–Crippen LogP) is 2.74. The van der Waals surface area contributed by atoms with Crippen molar-refractivity contribution in [2.75, 3.05) is 7.11 Å². The lowest BCUT2D eigenvalue weighted by atomic mass is 9.85. The summed E-state index contributed by atoms with van der Waals surface area (Å²) in [5.41, 5.74) is -1.46. The first-order chi connectivity index (χ1) is 8.13. The number of methoxy groups -OCH3 is 1. The van der Waals surface area contributed by atoms with Crippen molar-refractivity contribution in [2.45, 2.75) is 65.6 Å². The number of Topliss-reactive ketones (excluding diaryl/α,β-unsaturated/α-hetero) is 1. The summed E-state index contributed by atoms with van der Waals surface area (Å²) in [6.45, 7) is 10.7. The van der Waals surface area contributed by atoms with Gasteiger partial charge < -0.3 is 9.47 Å². The third-order valence-corrected chi connectivity index (χ3v) is 3.14. The fourth-order valence-electron chi connectivity index (χ4n) is 1.88. The summed E-state index contributed by atoms with van der Waals surface area (Å²) < 4.78 is 10.6. The van der Waals surface area contributed by atoms with Crippen LogP contribution in [0.1, 0.15) is 54.4 Å². The van der Waals surface area contributed by atoms with Crippen LogP contribution < -0.4 is 0 Å². The van der Waals surface area contributed by atoms with Gasteiger partial charge in [-0.3, -0.25) is 9.59 Å². The minimum atomic E-state index is -0.879. The number of carbonyl (C=O) groups is 2. The second-order valence-electron chi connectivity index (χ2n) is 5.52. The van der Waals surface area contributed by atoms with E-state index >= 15 is 0 Å². The summed E-state index contributed by atoms with van der Waals surface area (Å²) in [6.07, 6.45) is 1.10. The predicted molar refractivity (Wildman–Crippen MR) is 70.3 cm³/mol. The van der Waals surface area contributed by atoms with Crippen LogP contribution in [0.25, 0.3) is 0 Å². The average Bonchev–Trinajstić information content (AvgIpc) is 2.28. The summed E-state index contributed by atoms with van der Waals surface area (Å²) in [7, 11) is 1.51. The SMILES string of the molecule is CCC(CC)(OC)C(=O)C(C)C(=O)OC(C)(C)C. The van der Waals surface area contributed by atoms with Crippen LogP contribution in [-0.2, 0) is 19.1 Å². The maximum absolute atomic E-state index is 12.4. The Balaban J connectivity index is 4.93. The van der Waals surface area contributed by atoms with Gasteiger partial charge in [0.05, 0.1) is 0 Å². The molecule has 0 amide bonds. The molecule has 0 aliphatic heterocycles. The van der Waals surface area contributed by atoms with Gasteiger partial charge in [0.15, 0.2) is 5.78 Å². The van der Waals surface area contributed by atoms with E-state index in [2.05, 4.69) is 0 Å². The smallest absolute Gasteiger partial charge is 0.316 e. The molecule has 0 radical (unpaired) electrons. The average molecular weight is 258 g/mol. The summed E-state index contributed by atoms with van der Waals surface area (Å²) in [5, 5.41) is 0. The standard InChI is InChI=1S/C14H26O4/c1-8-14(9-2,17-7)11(15)10(3)12(16)18-13(4,5)6/h10H,8-9H2,1-7H3. The maximum atomic E-state index is 12.4. The van der Waals surface area contributed by atoms with Gasteiger partial charge in [0, 0.05) is 7.11 Å². The summed E-state index contributed by atoms with van der Waals surface area (Å²) in [6, 6.07) is 0. The van der Waals surface area contributed by atoms with Crippen LogP contribution in [-0.4, -0.2) is 30.1 Å². The second kappa shape index (κ2) is 6.32. The first-order valence-corrected chi connectivity index (χ1v) is 6.45. The number of ether oxygens (including phenoxy) is 2. The highest BCUT2D eigenvalue weighted by Crippen LogP contribution is 2.26. The molecule has 0 fully saturated rings. The molecule has 0 bridgehead atoms. The van der Waals surface area contributed by atoms with Gasteiger partial charge in [-0.2, -0.15) is 0 Å². The van der Waals surface area contributed by atoms with E-state index in [4.69, 9.17) is 9.47 Å². The van der Waals surface area contributed by atoms with Crippen molar-refractivity contribution in [3.05, 3.63) is 0 Å². The van der Waals surface area contributed by atoms with Gasteiger partial charge in [-0.1, -0.05) is 13.8 Å². The zero-order valence-corrected chi connectivity index (χ0v) is 12.6. The Morgan fingerprint density at radius 2 is 1.56 bits per heavy atom. The van der Waals surface area contributed by atoms with Crippen LogP contribution in [0.2, 0.25) is 0 Å². The third-order valence-electron chi connectivity index (χ3n) is 3.14. The van der Waals surface area contributed by atoms with Crippen molar-refractivity contribution >= 4 is 11.8 Å². The number of esters is 1. The van der Waals surface area contributed by atoms with Crippen LogP contribution in [0.3, 0.4) is 0 Å². The number of rotatable bonds is 6. The Morgan fingerprint density at radius 3 is 1.83 bits per heavy atom. The van der Waals surface area contributed by atoms with E-state index in [1.54, 1.807) is 27.7 Å². The van der Waals surface area contributed by atoms with E-state index < -0.39 is 23.1 Å². The quantitative estimate of drug-likeness (QED) is 0.543. The van der Waals surface area contributed by atoms with E-state index in [1.165, 1.54) is 7.11 Å². The molecule has 0 spiro atoms. The Morgan fingerprint density at radius 1 is 1.11 bits per heavy atom. The van der Waals surface area contributed by atoms with Gasteiger partial charge in [-0.15, -0.1) is 0 Å². The Kier molecular flexibility index (Phi) is 6.00. The fraction of sp³-hybridized carbons (Fsp3) is 0.857. The number of ketones is 1. The summed E-state index contributed by atoms with van der Waals surface area (Å²) in [4.78, 5) is 24.3. The van der Waals surface area contributed by atoms with Gasteiger partial charge in [0.25, 0.3) is 0 Å². The molecule has 1 unspecified atom stereocenters. The Hall–Kier alpha value is -0.900. The molecule has 0 rings (SSSR count). The molecule has 0 heterocycles. The van der Waals surface area contributed by atoms with Crippen molar-refractivity contribution < 1.29 is 19.1 Å². The minimum absolute atomic E-state index is 0.204. The van der Waals surface area contributed by atoms with Gasteiger partial charge >= 0.3 is 5.97 Å². The molecule has 4 nitrogen and oxygen atoms in total. The van der Waals surface area contributed by atoms with Crippen LogP contribution in [0, 0.1) is 5.92 Å². The molecule has 0 aliphatic carbocycles. The lowest BCUT2D eigenvalue weighted by Gasteiger charge is -2.31. The van der Waals surface area contributed by atoms with Crippen molar-refractivity contribution in [2.24, 2.45) is 5.92 Å². The highest BCUT2D eigenvalue weighted by atomic mass is 16.6. The van der Waals surface area contributed by atoms with Gasteiger partial charge in [-0.25, -0.2) is 0 Å².